The predicted octanol–water partition coefficient (Wildman–Crippen LogP) is 6.26. The van der Waals surface area contributed by atoms with E-state index in [1.165, 1.54) is 66.9 Å². The minimum absolute atomic E-state index is 0. The molecule has 0 N–H and O–H groups in total. The SMILES string of the molecule is COc1cc(C=C2C(C)=C(CC(=O)[O-])c3cc(F)ccc32)cc(OC)c1OC.COc1cc(C=C2C(C)=C(CC(=O)[O-])c3cc(F)ccc32)cc(OC)c1OC.[Ca+2]. The van der Waals surface area contributed by atoms with Crippen LogP contribution in [0.5, 0.6) is 34.5 Å². The van der Waals surface area contributed by atoms with E-state index in [1.807, 2.05) is 26.0 Å². The summed E-state index contributed by atoms with van der Waals surface area (Å²) in [5.74, 6) is -0.294. The van der Waals surface area contributed by atoms with Crippen LogP contribution in [0.1, 0.15) is 60.1 Å². The summed E-state index contributed by atoms with van der Waals surface area (Å²) >= 11 is 0. The van der Waals surface area contributed by atoms with Crippen LogP contribution in [-0.2, 0) is 9.59 Å². The van der Waals surface area contributed by atoms with Crippen LogP contribution in [0.15, 0.2) is 71.8 Å². The van der Waals surface area contributed by atoms with Crippen LogP contribution in [0.25, 0.3) is 34.4 Å². The number of carbonyl (C=O) groups is 2. The molecule has 13 heteroatoms. The number of carboxylic acid groups (broad SMARTS) is 2. The summed E-state index contributed by atoms with van der Waals surface area (Å²) in [6, 6.07) is 15.9. The second-order valence-corrected chi connectivity index (χ2v) is 12.7. The Kier molecular flexibility index (Phi) is 15.0. The van der Waals surface area contributed by atoms with Crippen LogP contribution in [0.3, 0.4) is 0 Å². The number of carboxylic acids is 2. The van der Waals surface area contributed by atoms with Crippen LogP contribution in [0.4, 0.5) is 8.78 Å². The van der Waals surface area contributed by atoms with Crippen molar-refractivity contribution >= 4 is 84.1 Å². The maximum absolute atomic E-state index is 13.8. The average Bonchev–Trinajstić information content (AvgIpc) is 3.57. The minimum Gasteiger partial charge on any atom is -0.550 e. The molecule has 0 spiro atoms. The van der Waals surface area contributed by atoms with Gasteiger partial charge in [0.05, 0.1) is 42.7 Å². The Labute approximate surface area is 359 Å². The van der Waals surface area contributed by atoms with E-state index in [1.54, 1.807) is 36.4 Å². The van der Waals surface area contributed by atoms with Crippen molar-refractivity contribution in [1.82, 2.24) is 0 Å². The van der Waals surface area contributed by atoms with Gasteiger partial charge in [-0.2, -0.15) is 0 Å². The first-order chi connectivity index (χ1) is 26.8. The van der Waals surface area contributed by atoms with E-state index in [-0.39, 0.29) is 50.6 Å². The Morgan fingerprint density at radius 1 is 0.526 bits per heavy atom. The molecule has 0 amide bonds. The van der Waals surface area contributed by atoms with Crippen molar-refractivity contribution in [3.8, 4) is 34.5 Å². The van der Waals surface area contributed by atoms with Gasteiger partial charge in [-0.15, -0.1) is 0 Å². The molecule has 0 saturated heterocycles. The molecule has 0 aromatic heterocycles. The number of fused-ring (bicyclic) bond motifs is 2. The van der Waals surface area contributed by atoms with Gasteiger partial charge < -0.3 is 48.2 Å². The van der Waals surface area contributed by atoms with E-state index in [9.17, 15) is 28.6 Å². The van der Waals surface area contributed by atoms with Crippen molar-refractivity contribution in [2.24, 2.45) is 0 Å². The number of allylic oxidation sites excluding steroid dienone is 4. The van der Waals surface area contributed by atoms with Crippen LogP contribution in [-0.4, -0.2) is 92.3 Å². The van der Waals surface area contributed by atoms with Crippen molar-refractivity contribution in [1.29, 1.82) is 0 Å². The van der Waals surface area contributed by atoms with Gasteiger partial charge in [0, 0.05) is 24.8 Å². The molecule has 0 fully saturated rings. The smallest absolute Gasteiger partial charge is 0.550 e. The first-order valence-electron chi connectivity index (χ1n) is 17.2. The molecule has 0 bridgehead atoms. The third-order valence-corrected chi connectivity index (χ3v) is 9.55. The molecule has 0 heterocycles. The first kappa shape index (κ1) is 44.4. The van der Waals surface area contributed by atoms with E-state index in [0.717, 1.165) is 44.5 Å². The zero-order chi connectivity index (χ0) is 40.8. The second kappa shape index (κ2) is 19.2. The molecule has 2 aliphatic rings. The van der Waals surface area contributed by atoms with Gasteiger partial charge in [-0.1, -0.05) is 12.1 Å². The number of rotatable bonds is 12. The number of ether oxygens (including phenoxy) is 6. The summed E-state index contributed by atoms with van der Waals surface area (Å²) in [6.07, 6.45) is 3.21. The van der Waals surface area contributed by atoms with Gasteiger partial charge >= 0.3 is 37.7 Å². The molecule has 0 aliphatic heterocycles. The van der Waals surface area contributed by atoms with Crippen LogP contribution in [0.2, 0.25) is 0 Å². The van der Waals surface area contributed by atoms with Crippen molar-refractivity contribution in [3.63, 3.8) is 0 Å². The van der Waals surface area contributed by atoms with Crippen LogP contribution >= 0.6 is 0 Å². The zero-order valence-electron chi connectivity index (χ0n) is 32.9. The summed E-state index contributed by atoms with van der Waals surface area (Å²) in [6.45, 7) is 3.64. The van der Waals surface area contributed by atoms with Crippen molar-refractivity contribution in [3.05, 3.63) is 117 Å². The topological polar surface area (TPSA) is 136 Å². The minimum atomic E-state index is -1.21. The Bertz CT molecular complexity index is 2130. The first-order valence-corrected chi connectivity index (χ1v) is 17.2. The Morgan fingerprint density at radius 3 is 1.11 bits per heavy atom. The molecule has 6 rings (SSSR count). The summed E-state index contributed by atoms with van der Waals surface area (Å²) in [5, 5.41) is 22.4. The van der Waals surface area contributed by atoms with E-state index < -0.39 is 23.6 Å². The molecule has 4 aromatic rings. The second-order valence-electron chi connectivity index (χ2n) is 12.7. The Morgan fingerprint density at radius 2 is 0.842 bits per heavy atom. The largest absolute Gasteiger partial charge is 2.00 e. The zero-order valence-corrected chi connectivity index (χ0v) is 35.1. The monoisotopic (exact) mass is 806 g/mol. The molecule has 0 radical (unpaired) electrons. The third kappa shape index (κ3) is 9.47. The summed E-state index contributed by atoms with van der Waals surface area (Å²) in [7, 11) is 9.19. The quantitative estimate of drug-likeness (QED) is 0.151. The molecular weight excluding hydrogens is 767 g/mol. The molecule has 10 nitrogen and oxygen atoms in total. The molecular formula is C44H40CaF2O10. The number of carbonyl (C=O) groups excluding carboxylic acids is 2. The molecule has 4 aromatic carbocycles. The maximum atomic E-state index is 13.8. The number of hydrogen-bond donors (Lipinski definition) is 0. The number of halogens is 2. The molecule has 0 unspecified atom stereocenters. The molecule has 57 heavy (non-hydrogen) atoms. The normalized spacial score (nSPS) is 14.0. The van der Waals surface area contributed by atoms with Gasteiger partial charge in [0.15, 0.2) is 23.0 Å². The number of benzene rings is 4. The fraction of sp³-hybridized carbons (Fsp3) is 0.227. The van der Waals surface area contributed by atoms with Gasteiger partial charge in [-0.05, 0) is 141 Å². The summed E-state index contributed by atoms with van der Waals surface area (Å²) < 4.78 is 59.8. The van der Waals surface area contributed by atoms with Crippen LogP contribution < -0.4 is 38.6 Å². The van der Waals surface area contributed by atoms with Gasteiger partial charge in [-0.3, -0.25) is 0 Å². The fourth-order valence-corrected chi connectivity index (χ4v) is 6.95. The average molecular weight is 807 g/mol. The van der Waals surface area contributed by atoms with Gasteiger partial charge in [0.25, 0.3) is 0 Å². The van der Waals surface area contributed by atoms with Crippen molar-refractivity contribution in [2.45, 2.75) is 26.7 Å². The number of hydrogen-bond acceptors (Lipinski definition) is 10. The van der Waals surface area contributed by atoms with Gasteiger partial charge in [0.1, 0.15) is 11.6 Å². The number of aliphatic carboxylic acids is 2. The van der Waals surface area contributed by atoms with E-state index >= 15 is 0 Å². The molecule has 0 saturated carbocycles. The van der Waals surface area contributed by atoms with E-state index in [4.69, 9.17) is 28.4 Å². The molecule has 292 valence electrons. The summed E-state index contributed by atoms with van der Waals surface area (Å²) in [5.41, 5.74) is 8.45. The molecule has 2 aliphatic carbocycles. The van der Waals surface area contributed by atoms with Crippen LogP contribution in [0, 0.1) is 11.6 Å². The van der Waals surface area contributed by atoms with E-state index in [2.05, 4.69) is 0 Å². The Balaban J connectivity index is 0.000000248. The van der Waals surface area contributed by atoms with Gasteiger partial charge in [0.2, 0.25) is 11.5 Å². The molecule has 0 atom stereocenters. The third-order valence-electron chi connectivity index (χ3n) is 9.55. The predicted molar refractivity (Wildman–Crippen MR) is 211 cm³/mol. The van der Waals surface area contributed by atoms with Gasteiger partial charge in [-0.25, -0.2) is 8.78 Å². The fourth-order valence-electron chi connectivity index (χ4n) is 6.95. The number of methoxy groups -OCH3 is 6. The maximum Gasteiger partial charge on any atom is 2.00 e. The summed E-state index contributed by atoms with van der Waals surface area (Å²) in [4.78, 5) is 22.4. The Hall–Kier alpha value is -5.30. The van der Waals surface area contributed by atoms with E-state index in [0.29, 0.717) is 56.8 Å². The van der Waals surface area contributed by atoms with Crippen molar-refractivity contribution < 1.29 is 57.0 Å². The standard InChI is InChI=1S/2C22H21FO5.Ca/c2*1-12-16(7-13-8-19(26-2)22(28-4)20(9-13)27-3)15-6-5-14(23)10-18(15)17(12)11-21(24)25;/h2*5-10H,11H2,1-4H3,(H,24,25);/q;;+2/p-2. The van der Waals surface area contributed by atoms with Crippen molar-refractivity contribution in [2.75, 3.05) is 42.7 Å².